The number of carbonyl (C=O) groups excluding carboxylic acids is 1. The second-order valence-corrected chi connectivity index (χ2v) is 6.55. The van der Waals surface area contributed by atoms with E-state index in [4.69, 9.17) is 23.2 Å². The molecule has 0 aromatic heterocycles. The molecule has 0 saturated heterocycles. The van der Waals surface area contributed by atoms with Crippen LogP contribution in [0.25, 0.3) is 0 Å². The van der Waals surface area contributed by atoms with Crippen molar-refractivity contribution in [1.82, 2.24) is 10.2 Å². The molecule has 1 aromatic rings. The maximum atomic E-state index is 11.8. The Balaban J connectivity index is 2.42. The number of hydrogen-bond donors (Lipinski definition) is 1. The molecule has 0 heterocycles. The first-order valence-electron chi connectivity index (χ1n) is 6.60. The third kappa shape index (κ3) is 5.31. The van der Waals surface area contributed by atoms with Gasteiger partial charge in [-0.25, -0.2) is 0 Å². The number of benzene rings is 1. The maximum absolute atomic E-state index is 11.8. The Morgan fingerprint density at radius 2 is 1.90 bits per heavy atom. The molecule has 0 spiro atoms. The zero-order valence-corrected chi connectivity index (χ0v) is 14.0. The molecule has 0 aliphatic rings. The van der Waals surface area contributed by atoms with Crippen LogP contribution < -0.4 is 5.32 Å². The van der Waals surface area contributed by atoms with Crippen LogP contribution in [0.15, 0.2) is 18.2 Å². The monoisotopic (exact) mass is 316 g/mol. The van der Waals surface area contributed by atoms with Gasteiger partial charge in [-0.05, 0) is 52.1 Å². The Kier molecular flexibility index (Phi) is 6.31. The van der Waals surface area contributed by atoms with Crippen molar-refractivity contribution in [2.45, 2.75) is 32.2 Å². The summed E-state index contributed by atoms with van der Waals surface area (Å²) in [7, 11) is 4.00. The maximum Gasteiger partial charge on any atom is 0.220 e. The molecule has 0 fully saturated rings. The van der Waals surface area contributed by atoms with Crippen molar-refractivity contribution in [3.63, 3.8) is 0 Å². The molecule has 20 heavy (non-hydrogen) atoms. The van der Waals surface area contributed by atoms with Gasteiger partial charge < -0.3 is 10.2 Å². The summed E-state index contributed by atoms with van der Waals surface area (Å²) in [4.78, 5) is 13.9. The second kappa shape index (κ2) is 7.30. The molecule has 0 aliphatic heterocycles. The van der Waals surface area contributed by atoms with Gasteiger partial charge in [0.25, 0.3) is 0 Å². The minimum Gasteiger partial charge on any atom is -0.354 e. The van der Waals surface area contributed by atoms with Crippen molar-refractivity contribution >= 4 is 29.1 Å². The van der Waals surface area contributed by atoms with Crippen molar-refractivity contribution < 1.29 is 4.79 Å². The Bertz CT molecular complexity index is 473. The molecule has 0 saturated carbocycles. The topological polar surface area (TPSA) is 32.3 Å². The van der Waals surface area contributed by atoms with E-state index in [9.17, 15) is 4.79 Å². The Morgan fingerprint density at radius 1 is 1.25 bits per heavy atom. The van der Waals surface area contributed by atoms with E-state index in [0.717, 1.165) is 5.56 Å². The molecular formula is C15H22Cl2N2O. The van der Waals surface area contributed by atoms with E-state index in [1.807, 2.05) is 20.2 Å². The Labute approximate surface area is 131 Å². The van der Waals surface area contributed by atoms with Gasteiger partial charge in [0.15, 0.2) is 0 Å². The molecule has 0 aliphatic carbocycles. The third-order valence-electron chi connectivity index (χ3n) is 3.55. The first-order chi connectivity index (χ1) is 9.22. The normalized spacial score (nSPS) is 11.8. The zero-order valence-electron chi connectivity index (χ0n) is 12.5. The summed E-state index contributed by atoms with van der Waals surface area (Å²) in [6.07, 6.45) is 1.10. The van der Waals surface area contributed by atoms with Crippen LogP contribution in [0, 0.1) is 0 Å². The summed E-state index contributed by atoms with van der Waals surface area (Å²) in [6.45, 7) is 4.80. The smallest absolute Gasteiger partial charge is 0.220 e. The van der Waals surface area contributed by atoms with Crippen molar-refractivity contribution in [3.05, 3.63) is 33.8 Å². The van der Waals surface area contributed by atoms with Crippen molar-refractivity contribution in [3.8, 4) is 0 Å². The molecule has 0 atom stereocenters. The van der Waals surface area contributed by atoms with E-state index in [1.54, 1.807) is 12.1 Å². The van der Waals surface area contributed by atoms with E-state index in [1.165, 1.54) is 0 Å². The van der Waals surface area contributed by atoms with Gasteiger partial charge in [-0.15, -0.1) is 0 Å². The highest BCUT2D eigenvalue weighted by Gasteiger charge is 2.20. The highest BCUT2D eigenvalue weighted by molar-refractivity contribution is 6.42. The molecule has 3 nitrogen and oxygen atoms in total. The largest absolute Gasteiger partial charge is 0.354 e. The Hall–Kier alpha value is -0.770. The fourth-order valence-corrected chi connectivity index (χ4v) is 1.84. The zero-order chi connectivity index (χ0) is 15.3. The lowest BCUT2D eigenvalue weighted by Crippen LogP contribution is -2.48. The number of halogens is 2. The number of hydrogen-bond acceptors (Lipinski definition) is 2. The van der Waals surface area contributed by atoms with Crippen LogP contribution in [0.1, 0.15) is 25.8 Å². The summed E-state index contributed by atoms with van der Waals surface area (Å²) < 4.78 is 0. The number of rotatable bonds is 6. The molecule has 0 bridgehead atoms. The summed E-state index contributed by atoms with van der Waals surface area (Å²) >= 11 is 11.8. The van der Waals surface area contributed by atoms with Gasteiger partial charge >= 0.3 is 0 Å². The summed E-state index contributed by atoms with van der Waals surface area (Å²) in [5.41, 5.74) is 0.959. The number of carbonyl (C=O) groups is 1. The average Bonchev–Trinajstić information content (AvgIpc) is 2.37. The van der Waals surface area contributed by atoms with E-state index >= 15 is 0 Å². The van der Waals surface area contributed by atoms with Crippen LogP contribution in [0.5, 0.6) is 0 Å². The molecule has 1 amide bonds. The van der Waals surface area contributed by atoms with Gasteiger partial charge in [0.1, 0.15) is 0 Å². The lowest BCUT2D eigenvalue weighted by atomic mass is 10.0. The molecule has 0 radical (unpaired) electrons. The van der Waals surface area contributed by atoms with Gasteiger partial charge in [0.2, 0.25) is 5.91 Å². The summed E-state index contributed by atoms with van der Waals surface area (Å²) in [6, 6.07) is 5.46. The molecule has 5 heteroatoms. The first kappa shape index (κ1) is 17.3. The first-order valence-corrected chi connectivity index (χ1v) is 7.36. The molecule has 0 unspecified atom stereocenters. The van der Waals surface area contributed by atoms with Crippen LogP contribution in [-0.4, -0.2) is 37.0 Å². The number of amides is 1. The van der Waals surface area contributed by atoms with Crippen molar-refractivity contribution in [1.29, 1.82) is 0 Å². The molecule has 112 valence electrons. The van der Waals surface area contributed by atoms with Crippen molar-refractivity contribution in [2.24, 2.45) is 0 Å². The molecule has 1 aromatic carbocycles. The minimum absolute atomic E-state index is 0.0472. The van der Waals surface area contributed by atoms with E-state index < -0.39 is 0 Å². The highest BCUT2D eigenvalue weighted by atomic mass is 35.5. The van der Waals surface area contributed by atoms with Crippen LogP contribution in [-0.2, 0) is 11.2 Å². The number of nitrogens with zero attached hydrogens (tertiary/aromatic N) is 1. The highest BCUT2D eigenvalue weighted by Crippen LogP contribution is 2.23. The number of likely N-dealkylation sites (N-methyl/N-ethyl adjacent to an activating group) is 1. The minimum atomic E-state index is -0.0563. The van der Waals surface area contributed by atoms with Crippen molar-refractivity contribution in [2.75, 3.05) is 20.6 Å². The second-order valence-electron chi connectivity index (χ2n) is 5.73. The van der Waals surface area contributed by atoms with Gasteiger partial charge in [0, 0.05) is 18.5 Å². The van der Waals surface area contributed by atoms with Crippen LogP contribution in [0.3, 0.4) is 0 Å². The number of nitrogens with one attached hydrogen (secondary N) is 1. The quantitative estimate of drug-likeness (QED) is 0.872. The lowest BCUT2D eigenvalue weighted by Gasteiger charge is -2.32. The van der Waals surface area contributed by atoms with Gasteiger partial charge in [0.05, 0.1) is 10.0 Å². The third-order valence-corrected chi connectivity index (χ3v) is 4.29. The molecule has 1 rings (SSSR count). The summed E-state index contributed by atoms with van der Waals surface area (Å²) in [5.74, 6) is 0.0472. The SMILES string of the molecule is CN(C)C(C)(C)CNC(=O)CCc1ccc(Cl)c(Cl)c1. The van der Waals surface area contributed by atoms with Gasteiger partial charge in [-0.3, -0.25) is 4.79 Å². The van der Waals surface area contributed by atoms with E-state index in [0.29, 0.717) is 29.4 Å². The standard InChI is InChI=1S/C15H22Cl2N2O/c1-15(2,19(3)4)10-18-14(20)8-6-11-5-7-12(16)13(17)9-11/h5,7,9H,6,8,10H2,1-4H3,(H,18,20). The summed E-state index contributed by atoms with van der Waals surface area (Å²) in [5, 5.41) is 4.02. The lowest BCUT2D eigenvalue weighted by molar-refractivity contribution is -0.121. The number of aryl methyl sites for hydroxylation is 1. The Morgan fingerprint density at radius 3 is 2.45 bits per heavy atom. The van der Waals surface area contributed by atoms with Crippen LogP contribution in [0.2, 0.25) is 10.0 Å². The van der Waals surface area contributed by atoms with Crippen LogP contribution in [0.4, 0.5) is 0 Å². The fourth-order valence-electron chi connectivity index (χ4n) is 1.51. The van der Waals surface area contributed by atoms with E-state index in [-0.39, 0.29) is 11.4 Å². The predicted molar refractivity (Wildman–Crippen MR) is 85.6 cm³/mol. The molecular weight excluding hydrogens is 295 g/mol. The average molecular weight is 317 g/mol. The van der Waals surface area contributed by atoms with Gasteiger partial charge in [-0.1, -0.05) is 29.3 Å². The van der Waals surface area contributed by atoms with E-state index in [2.05, 4.69) is 24.1 Å². The van der Waals surface area contributed by atoms with Crippen LogP contribution >= 0.6 is 23.2 Å². The predicted octanol–water partition coefficient (Wildman–Crippen LogP) is 3.38. The fraction of sp³-hybridized carbons (Fsp3) is 0.533. The van der Waals surface area contributed by atoms with Gasteiger partial charge in [-0.2, -0.15) is 0 Å². The molecule has 1 N–H and O–H groups in total.